The number of benzene rings is 1. The molecule has 1 saturated carbocycles. The van der Waals surface area contributed by atoms with E-state index >= 15 is 0 Å². The number of nitrogens with one attached hydrogen (secondary N) is 1. The number of nitrogens with zero attached hydrogens (tertiary/aromatic N) is 1. The van der Waals surface area contributed by atoms with Gasteiger partial charge in [-0.3, -0.25) is 10.4 Å². The number of allylic oxidation sites excluding steroid dienone is 3. The lowest BCUT2D eigenvalue weighted by molar-refractivity contribution is 0.385. The van der Waals surface area contributed by atoms with Crippen LogP contribution in [0, 0.1) is 11.8 Å². The van der Waals surface area contributed by atoms with Crippen LogP contribution in [-0.4, -0.2) is 11.6 Å². The quantitative estimate of drug-likeness (QED) is 0.482. The van der Waals surface area contributed by atoms with E-state index in [2.05, 4.69) is 61.2 Å². The molecule has 0 bridgehead atoms. The van der Waals surface area contributed by atoms with Gasteiger partial charge in [0.25, 0.3) is 0 Å². The van der Waals surface area contributed by atoms with Gasteiger partial charge in [-0.25, -0.2) is 0 Å². The predicted octanol–water partition coefficient (Wildman–Crippen LogP) is 6.57. The molecule has 0 radical (unpaired) electrons. The van der Waals surface area contributed by atoms with E-state index in [9.17, 15) is 0 Å². The van der Waals surface area contributed by atoms with E-state index in [1.807, 2.05) is 24.3 Å². The van der Waals surface area contributed by atoms with Crippen molar-refractivity contribution < 1.29 is 0 Å². The number of anilines is 1. The van der Waals surface area contributed by atoms with E-state index in [1.54, 1.807) is 0 Å². The largest absolute Gasteiger partial charge is 0.298 e. The molecular weight excluding hydrogens is 304 g/mol. The average molecular weight is 339 g/mol. The number of hydrogen-bond donors (Lipinski definition) is 1. The van der Waals surface area contributed by atoms with Crippen molar-refractivity contribution >= 4 is 5.69 Å². The van der Waals surface area contributed by atoms with Gasteiger partial charge in [-0.15, -0.1) is 6.58 Å². The first kappa shape index (κ1) is 19.4. The molecule has 1 aromatic rings. The molecule has 0 saturated heterocycles. The molecule has 136 valence electrons. The Balaban J connectivity index is 0.000000269. The van der Waals surface area contributed by atoms with E-state index in [0.29, 0.717) is 5.92 Å². The van der Waals surface area contributed by atoms with Gasteiger partial charge >= 0.3 is 0 Å². The van der Waals surface area contributed by atoms with Crippen molar-refractivity contribution in [2.24, 2.45) is 11.8 Å². The maximum absolute atomic E-state index is 3.82. The number of rotatable bonds is 5. The average Bonchev–Trinajstić information content (AvgIpc) is 2.64. The van der Waals surface area contributed by atoms with Crippen molar-refractivity contribution in [2.75, 3.05) is 12.0 Å². The Kier molecular flexibility index (Phi) is 8.38. The molecule has 0 amide bonds. The third-order valence-corrected chi connectivity index (χ3v) is 4.85. The molecule has 2 aliphatic carbocycles. The van der Waals surface area contributed by atoms with Crippen LogP contribution in [0.25, 0.3) is 0 Å². The van der Waals surface area contributed by atoms with Crippen LogP contribution >= 0.6 is 0 Å². The third kappa shape index (κ3) is 7.21. The summed E-state index contributed by atoms with van der Waals surface area (Å²) in [6.45, 7) is 9.18. The van der Waals surface area contributed by atoms with Crippen LogP contribution in [0.1, 0.15) is 52.4 Å². The zero-order valence-electron chi connectivity index (χ0n) is 16.0. The SMILES string of the molecule is C=CCN(Nc1ccccc1)C1=CCC(C)C=C1.CC1CCCCC1. The first-order valence-electron chi connectivity index (χ1n) is 9.77. The standard InChI is InChI=1S/C16H20N2.C7H14/c1-3-13-18(16-11-9-14(2)10-12-16)17-15-7-5-4-6-8-15;1-7-5-3-2-4-6-7/h3-9,11-12,14,17H,1,10,13H2,2H3;7H,2-6H2,1H3. The van der Waals surface area contributed by atoms with Gasteiger partial charge in [0.1, 0.15) is 0 Å². The van der Waals surface area contributed by atoms with Crippen molar-refractivity contribution in [3.8, 4) is 0 Å². The summed E-state index contributed by atoms with van der Waals surface area (Å²) in [5.41, 5.74) is 5.70. The molecule has 2 heteroatoms. The first-order chi connectivity index (χ1) is 12.2. The second-order valence-corrected chi connectivity index (χ2v) is 7.32. The van der Waals surface area contributed by atoms with Gasteiger partial charge in [0.05, 0.1) is 17.9 Å². The highest BCUT2D eigenvalue weighted by atomic mass is 15.5. The van der Waals surface area contributed by atoms with Crippen LogP contribution in [0.5, 0.6) is 0 Å². The Bertz CT molecular complexity index is 553. The molecule has 2 aliphatic rings. The summed E-state index contributed by atoms with van der Waals surface area (Å²) >= 11 is 0. The lowest BCUT2D eigenvalue weighted by atomic mass is 9.91. The van der Waals surface area contributed by atoms with E-state index in [0.717, 1.165) is 24.6 Å². The van der Waals surface area contributed by atoms with Crippen molar-refractivity contribution in [3.05, 3.63) is 66.9 Å². The number of hydrogen-bond acceptors (Lipinski definition) is 2. The van der Waals surface area contributed by atoms with Crippen LogP contribution in [0.15, 0.2) is 66.9 Å². The van der Waals surface area contributed by atoms with Crippen LogP contribution < -0.4 is 5.43 Å². The summed E-state index contributed by atoms with van der Waals surface area (Å²) in [6, 6.07) is 10.2. The summed E-state index contributed by atoms with van der Waals surface area (Å²) in [5, 5.41) is 2.12. The molecule has 25 heavy (non-hydrogen) atoms. The molecule has 0 heterocycles. The second-order valence-electron chi connectivity index (χ2n) is 7.32. The lowest BCUT2D eigenvalue weighted by Crippen LogP contribution is -2.29. The molecule has 1 fully saturated rings. The maximum Gasteiger partial charge on any atom is 0.0572 e. The van der Waals surface area contributed by atoms with Crippen molar-refractivity contribution in [2.45, 2.75) is 52.4 Å². The second kappa shape index (κ2) is 10.8. The van der Waals surface area contributed by atoms with Crippen LogP contribution in [-0.2, 0) is 0 Å². The fourth-order valence-corrected chi connectivity index (χ4v) is 3.24. The van der Waals surface area contributed by atoms with E-state index < -0.39 is 0 Å². The molecule has 3 rings (SSSR count). The number of para-hydroxylation sites is 1. The molecule has 1 unspecified atom stereocenters. The molecule has 1 atom stereocenters. The van der Waals surface area contributed by atoms with Crippen LogP contribution in [0.4, 0.5) is 5.69 Å². The molecule has 0 aliphatic heterocycles. The maximum atomic E-state index is 3.82. The molecule has 0 spiro atoms. The van der Waals surface area contributed by atoms with E-state index in [-0.39, 0.29) is 0 Å². The minimum atomic E-state index is 0.635. The predicted molar refractivity (Wildman–Crippen MR) is 110 cm³/mol. The van der Waals surface area contributed by atoms with Crippen molar-refractivity contribution in [1.82, 2.24) is 5.01 Å². The topological polar surface area (TPSA) is 15.3 Å². The van der Waals surface area contributed by atoms with Gasteiger partial charge in [-0.1, -0.05) is 82.4 Å². The minimum absolute atomic E-state index is 0.635. The normalized spacial score (nSPS) is 20.1. The van der Waals surface area contributed by atoms with E-state index in [1.165, 1.54) is 37.8 Å². The van der Waals surface area contributed by atoms with Gasteiger partial charge in [-0.05, 0) is 36.5 Å². The van der Waals surface area contributed by atoms with Crippen LogP contribution in [0.2, 0.25) is 0 Å². The van der Waals surface area contributed by atoms with E-state index in [4.69, 9.17) is 0 Å². The molecule has 1 N–H and O–H groups in total. The van der Waals surface area contributed by atoms with Crippen molar-refractivity contribution in [3.63, 3.8) is 0 Å². The zero-order valence-corrected chi connectivity index (χ0v) is 16.0. The Labute approximate surface area is 154 Å². The smallest absolute Gasteiger partial charge is 0.0572 e. The van der Waals surface area contributed by atoms with Gasteiger partial charge < -0.3 is 0 Å². The molecule has 0 aromatic heterocycles. The Morgan fingerprint density at radius 3 is 2.36 bits per heavy atom. The summed E-state index contributed by atoms with van der Waals surface area (Å²) < 4.78 is 0. The highest BCUT2D eigenvalue weighted by molar-refractivity contribution is 5.43. The van der Waals surface area contributed by atoms with Gasteiger partial charge in [-0.2, -0.15) is 0 Å². The number of hydrazine groups is 1. The highest BCUT2D eigenvalue weighted by Gasteiger charge is 2.10. The summed E-state index contributed by atoms with van der Waals surface area (Å²) in [5.74, 6) is 1.67. The fourth-order valence-electron chi connectivity index (χ4n) is 3.24. The van der Waals surface area contributed by atoms with Gasteiger partial charge in [0.2, 0.25) is 0 Å². The monoisotopic (exact) mass is 338 g/mol. The Morgan fingerprint density at radius 2 is 1.84 bits per heavy atom. The lowest BCUT2D eigenvalue weighted by Gasteiger charge is -2.28. The molecular formula is C23H34N2. The first-order valence-corrected chi connectivity index (χ1v) is 9.77. The van der Waals surface area contributed by atoms with Gasteiger partial charge in [0, 0.05) is 0 Å². The third-order valence-electron chi connectivity index (χ3n) is 4.85. The Hall–Kier alpha value is -1.96. The minimum Gasteiger partial charge on any atom is -0.298 e. The molecule has 1 aromatic carbocycles. The van der Waals surface area contributed by atoms with Gasteiger partial charge in [0.15, 0.2) is 0 Å². The highest BCUT2D eigenvalue weighted by Crippen LogP contribution is 2.22. The molecule has 2 nitrogen and oxygen atoms in total. The summed E-state index contributed by atoms with van der Waals surface area (Å²) in [4.78, 5) is 0. The fraction of sp³-hybridized carbons (Fsp3) is 0.478. The van der Waals surface area contributed by atoms with Crippen molar-refractivity contribution in [1.29, 1.82) is 0 Å². The summed E-state index contributed by atoms with van der Waals surface area (Å²) in [6.07, 6.45) is 17.1. The Morgan fingerprint density at radius 1 is 1.12 bits per heavy atom. The zero-order chi connectivity index (χ0) is 17.9. The summed E-state index contributed by atoms with van der Waals surface area (Å²) in [7, 11) is 0. The van der Waals surface area contributed by atoms with Crippen LogP contribution in [0.3, 0.4) is 0 Å².